The molecule has 1 atom stereocenters. The molecule has 0 aliphatic carbocycles. The summed E-state index contributed by atoms with van der Waals surface area (Å²) in [6.07, 6.45) is 0.645. The summed E-state index contributed by atoms with van der Waals surface area (Å²) in [6.45, 7) is 9.06. The molecule has 0 aromatic carbocycles. The maximum atomic E-state index is 8.91. The summed E-state index contributed by atoms with van der Waals surface area (Å²) in [6, 6.07) is 0. The molecular weight excluding hydrogens is 126 g/mol. The van der Waals surface area contributed by atoms with Gasteiger partial charge in [0.15, 0.2) is 0 Å². The second-order valence-electron chi connectivity index (χ2n) is 3.81. The fraction of sp³-hybridized carbons (Fsp3) is 1.00. The van der Waals surface area contributed by atoms with Crippen molar-refractivity contribution < 1.29 is 5.11 Å². The predicted octanol–water partition coefficient (Wildman–Crippen LogP) is 1.15. The zero-order valence-corrected chi connectivity index (χ0v) is 7.44. The molecule has 0 fully saturated rings. The van der Waals surface area contributed by atoms with Crippen molar-refractivity contribution in [2.24, 2.45) is 0 Å². The molecule has 0 saturated heterocycles. The first kappa shape index (κ1) is 9.92. The van der Waals surface area contributed by atoms with E-state index in [1.807, 2.05) is 6.92 Å². The first-order chi connectivity index (χ1) is 4.42. The lowest BCUT2D eigenvalue weighted by atomic mass is 10.1. The Bertz CT molecular complexity index is 83.7. The van der Waals surface area contributed by atoms with Gasteiger partial charge in [-0.15, -0.1) is 0 Å². The van der Waals surface area contributed by atoms with Crippen molar-refractivity contribution in [3.63, 3.8) is 0 Å². The van der Waals surface area contributed by atoms with Crippen molar-refractivity contribution in [1.29, 1.82) is 0 Å². The van der Waals surface area contributed by atoms with E-state index >= 15 is 0 Å². The fourth-order valence-electron chi connectivity index (χ4n) is 0.656. The van der Waals surface area contributed by atoms with Crippen molar-refractivity contribution in [2.45, 2.75) is 45.8 Å². The first-order valence-corrected chi connectivity index (χ1v) is 3.85. The summed E-state index contributed by atoms with van der Waals surface area (Å²) in [5, 5.41) is 12.2. The monoisotopic (exact) mass is 145 g/mol. The number of aliphatic hydroxyl groups is 1. The Balaban J connectivity index is 3.21. The van der Waals surface area contributed by atoms with E-state index < -0.39 is 0 Å². The Kier molecular flexibility index (Phi) is 3.91. The molecule has 0 rings (SSSR count). The lowest BCUT2D eigenvalue weighted by Crippen LogP contribution is -2.37. The Labute approximate surface area is 63.6 Å². The fourth-order valence-corrected chi connectivity index (χ4v) is 0.656. The maximum Gasteiger partial charge on any atom is 0.0524 e. The standard InChI is InChI=1S/C8H19NO/c1-7(10)5-6-9-8(2,3)4/h7,9-10H,5-6H2,1-4H3/t7-/m1/s1. The summed E-state index contributed by atoms with van der Waals surface area (Å²) in [7, 11) is 0. The molecule has 0 bridgehead atoms. The average molecular weight is 145 g/mol. The Morgan fingerprint density at radius 1 is 1.40 bits per heavy atom. The van der Waals surface area contributed by atoms with Gasteiger partial charge in [-0.25, -0.2) is 0 Å². The molecule has 0 spiro atoms. The molecule has 0 aromatic heterocycles. The minimum Gasteiger partial charge on any atom is -0.393 e. The van der Waals surface area contributed by atoms with Gasteiger partial charge in [-0.3, -0.25) is 0 Å². The highest BCUT2D eigenvalue weighted by atomic mass is 16.3. The second-order valence-corrected chi connectivity index (χ2v) is 3.81. The largest absolute Gasteiger partial charge is 0.393 e. The summed E-state index contributed by atoms with van der Waals surface area (Å²) in [5.74, 6) is 0. The third-order valence-corrected chi connectivity index (χ3v) is 1.22. The summed E-state index contributed by atoms with van der Waals surface area (Å²) < 4.78 is 0. The van der Waals surface area contributed by atoms with Crippen LogP contribution in [-0.2, 0) is 0 Å². The van der Waals surface area contributed by atoms with Crippen molar-refractivity contribution >= 4 is 0 Å². The SMILES string of the molecule is C[C@@H](O)CCNC(C)(C)C. The molecule has 2 N–H and O–H groups in total. The molecule has 2 heteroatoms. The molecule has 2 nitrogen and oxygen atoms in total. The zero-order valence-electron chi connectivity index (χ0n) is 7.44. The van der Waals surface area contributed by atoms with Crippen LogP contribution in [0.3, 0.4) is 0 Å². The van der Waals surface area contributed by atoms with Crippen LogP contribution in [0.15, 0.2) is 0 Å². The van der Waals surface area contributed by atoms with E-state index in [0.29, 0.717) is 0 Å². The molecule has 0 heterocycles. The summed E-state index contributed by atoms with van der Waals surface area (Å²) >= 11 is 0. The molecule has 0 unspecified atom stereocenters. The van der Waals surface area contributed by atoms with Crippen LogP contribution in [0.4, 0.5) is 0 Å². The maximum absolute atomic E-state index is 8.91. The smallest absolute Gasteiger partial charge is 0.0524 e. The van der Waals surface area contributed by atoms with Gasteiger partial charge in [0.05, 0.1) is 6.10 Å². The number of aliphatic hydroxyl groups excluding tert-OH is 1. The van der Waals surface area contributed by atoms with Gasteiger partial charge in [0.1, 0.15) is 0 Å². The number of hydrogen-bond acceptors (Lipinski definition) is 2. The topological polar surface area (TPSA) is 32.3 Å². The number of hydrogen-bond donors (Lipinski definition) is 2. The predicted molar refractivity (Wildman–Crippen MR) is 44.1 cm³/mol. The van der Waals surface area contributed by atoms with E-state index in [9.17, 15) is 0 Å². The Hall–Kier alpha value is -0.0800. The highest BCUT2D eigenvalue weighted by molar-refractivity contribution is 4.70. The molecular formula is C8H19NO. The van der Waals surface area contributed by atoms with E-state index in [1.54, 1.807) is 0 Å². The van der Waals surface area contributed by atoms with Gasteiger partial charge in [0, 0.05) is 5.54 Å². The van der Waals surface area contributed by atoms with Gasteiger partial charge >= 0.3 is 0 Å². The minimum atomic E-state index is -0.185. The van der Waals surface area contributed by atoms with Crippen LogP contribution in [0.5, 0.6) is 0 Å². The van der Waals surface area contributed by atoms with E-state index in [2.05, 4.69) is 26.1 Å². The van der Waals surface area contributed by atoms with Crippen LogP contribution in [0.2, 0.25) is 0 Å². The number of rotatable bonds is 3. The normalized spacial score (nSPS) is 15.3. The van der Waals surface area contributed by atoms with Crippen molar-refractivity contribution in [2.75, 3.05) is 6.54 Å². The molecule has 62 valence electrons. The molecule has 0 aliphatic rings. The Morgan fingerprint density at radius 2 is 1.90 bits per heavy atom. The quantitative estimate of drug-likeness (QED) is 0.624. The molecule has 10 heavy (non-hydrogen) atoms. The van der Waals surface area contributed by atoms with E-state index in [0.717, 1.165) is 13.0 Å². The van der Waals surface area contributed by atoms with E-state index in [4.69, 9.17) is 5.11 Å². The molecule has 0 aromatic rings. The molecule has 0 saturated carbocycles. The highest BCUT2D eigenvalue weighted by Gasteiger charge is 2.07. The molecule has 0 radical (unpaired) electrons. The van der Waals surface area contributed by atoms with Crippen LogP contribution in [0.25, 0.3) is 0 Å². The Morgan fingerprint density at radius 3 is 2.20 bits per heavy atom. The third kappa shape index (κ3) is 7.92. The van der Waals surface area contributed by atoms with Gasteiger partial charge in [-0.1, -0.05) is 0 Å². The lowest BCUT2D eigenvalue weighted by Gasteiger charge is -2.20. The van der Waals surface area contributed by atoms with Crippen molar-refractivity contribution in [3.05, 3.63) is 0 Å². The second kappa shape index (κ2) is 3.94. The van der Waals surface area contributed by atoms with Crippen LogP contribution in [-0.4, -0.2) is 23.3 Å². The van der Waals surface area contributed by atoms with Crippen LogP contribution >= 0.6 is 0 Å². The average Bonchev–Trinajstić information content (AvgIpc) is 1.59. The van der Waals surface area contributed by atoms with E-state index in [-0.39, 0.29) is 11.6 Å². The highest BCUT2D eigenvalue weighted by Crippen LogP contribution is 1.98. The van der Waals surface area contributed by atoms with Gasteiger partial charge in [0.2, 0.25) is 0 Å². The van der Waals surface area contributed by atoms with Crippen molar-refractivity contribution in [3.8, 4) is 0 Å². The summed E-state index contributed by atoms with van der Waals surface area (Å²) in [5.41, 5.74) is 0.175. The van der Waals surface area contributed by atoms with Crippen LogP contribution in [0.1, 0.15) is 34.1 Å². The van der Waals surface area contributed by atoms with Gasteiger partial charge in [-0.05, 0) is 40.7 Å². The van der Waals surface area contributed by atoms with Crippen molar-refractivity contribution in [1.82, 2.24) is 5.32 Å². The zero-order chi connectivity index (χ0) is 8.20. The summed E-state index contributed by atoms with van der Waals surface area (Å²) in [4.78, 5) is 0. The van der Waals surface area contributed by atoms with Crippen LogP contribution < -0.4 is 5.32 Å². The molecule has 0 aliphatic heterocycles. The third-order valence-electron chi connectivity index (χ3n) is 1.22. The van der Waals surface area contributed by atoms with Crippen LogP contribution in [0, 0.1) is 0 Å². The van der Waals surface area contributed by atoms with E-state index in [1.165, 1.54) is 0 Å². The van der Waals surface area contributed by atoms with Gasteiger partial charge in [0.25, 0.3) is 0 Å². The first-order valence-electron chi connectivity index (χ1n) is 3.85. The van der Waals surface area contributed by atoms with Gasteiger partial charge in [-0.2, -0.15) is 0 Å². The minimum absolute atomic E-state index is 0.175. The lowest BCUT2D eigenvalue weighted by molar-refractivity contribution is 0.180. The molecule has 0 amide bonds. The number of nitrogens with one attached hydrogen (secondary N) is 1. The van der Waals surface area contributed by atoms with Gasteiger partial charge < -0.3 is 10.4 Å².